The lowest BCUT2D eigenvalue weighted by molar-refractivity contribution is -0.139. The highest BCUT2D eigenvalue weighted by atomic mass is 16.4. The molecule has 0 bridgehead atoms. The van der Waals surface area contributed by atoms with Crippen LogP contribution in [0, 0.1) is 5.41 Å². The average molecular weight is 185 g/mol. The third kappa shape index (κ3) is 3.35. The first-order chi connectivity index (χ1) is 5.88. The fourth-order valence-corrected chi connectivity index (χ4v) is 1.91. The molecule has 0 aromatic rings. The Morgan fingerprint density at radius 1 is 1.46 bits per heavy atom. The molecule has 1 rings (SSSR count). The van der Waals surface area contributed by atoms with Crippen LogP contribution in [0.15, 0.2) is 0 Å². The molecule has 1 saturated heterocycles. The summed E-state index contributed by atoms with van der Waals surface area (Å²) in [7, 11) is 0. The lowest BCUT2D eigenvalue weighted by atomic mass is 9.88. The molecular weight excluding hydrogens is 166 g/mol. The highest BCUT2D eigenvalue weighted by Crippen LogP contribution is 2.26. The van der Waals surface area contributed by atoms with Crippen LogP contribution in [0.25, 0.3) is 0 Å². The summed E-state index contributed by atoms with van der Waals surface area (Å²) in [5.41, 5.74) is 0.283. The zero-order valence-corrected chi connectivity index (χ0v) is 8.63. The van der Waals surface area contributed by atoms with Gasteiger partial charge in [-0.25, -0.2) is 0 Å². The molecule has 2 N–H and O–H groups in total. The van der Waals surface area contributed by atoms with Crippen LogP contribution in [-0.2, 0) is 4.79 Å². The monoisotopic (exact) mass is 185 g/mol. The van der Waals surface area contributed by atoms with E-state index in [9.17, 15) is 4.79 Å². The minimum Gasteiger partial charge on any atom is -0.480 e. The molecule has 2 unspecified atom stereocenters. The van der Waals surface area contributed by atoms with E-state index in [1.54, 1.807) is 0 Å². The van der Waals surface area contributed by atoms with E-state index in [1.165, 1.54) is 0 Å². The molecule has 0 saturated carbocycles. The van der Waals surface area contributed by atoms with Crippen molar-refractivity contribution in [2.75, 3.05) is 0 Å². The molecule has 0 aliphatic carbocycles. The topological polar surface area (TPSA) is 49.3 Å². The Bertz CT molecular complexity index is 196. The van der Waals surface area contributed by atoms with Crippen LogP contribution < -0.4 is 5.32 Å². The van der Waals surface area contributed by atoms with Crippen LogP contribution in [0.3, 0.4) is 0 Å². The van der Waals surface area contributed by atoms with E-state index in [4.69, 9.17) is 5.11 Å². The lowest BCUT2D eigenvalue weighted by Crippen LogP contribution is -2.36. The number of aliphatic carboxylic acids is 1. The molecule has 0 aromatic carbocycles. The number of carboxylic acid groups (broad SMARTS) is 1. The Morgan fingerprint density at radius 3 is 2.46 bits per heavy atom. The summed E-state index contributed by atoms with van der Waals surface area (Å²) in [5, 5.41) is 11.9. The van der Waals surface area contributed by atoms with E-state index in [0.717, 1.165) is 19.3 Å². The number of nitrogens with one attached hydrogen (secondary N) is 1. The molecule has 1 heterocycles. The number of carboxylic acids is 1. The quantitative estimate of drug-likeness (QED) is 0.687. The molecule has 1 aliphatic heterocycles. The van der Waals surface area contributed by atoms with E-state index in [-0.39, 0.29) is 11.5 Å². The van der Waals surface area contributed by atoms with E-state index in [0.29, 0.717) is 6.04 Å². The Kier molecular flexibility index (Phi) is 2.96. The lowest BCUT2D eigenvalue weighted by Gasteiger charge is -2.23. The Hall–Kier alpha value is -0.570. The molecule has 76 valence electrons. The predicted octanol–water partition coefficient (Wildman–Crippen LogP) is 1.63. The van der Waals surface area contributed by atoms with E-state index >= 15 is 0 Å². The molecule has 0 radical (unpaired) electrons. The third-order valence-corrected chi connectivity index (χ3v) is 2.40. The van der Waals surface area contributed by atoms with Crippen molar-refractivity contribution >= 4 is 5.97 Å². The fourth-order valence-electron chi connectivity index (χ4n) is 1.91. The van der Waals surface area contributed by atoms with Gasteiger partial charge in [0, 0.05) is 6.04 Å². The van der Waals surface area contributed by atoms with E-state index < -0.39 is 5.97 Å². The predicted molar refractivity (Wildman–Crippen MR) is 51.7 cm³/mol. The zero-order valence-electron chi connectivity index (χ0n) is 8.63. The van der Waals surface area contributed by atoms with E-state index in [2.05, 4.69) is 26.1 Å². The van der Waals surface area contributed by atoms with Gasteiger partial charge < -0.3 is 10.4 Å². The van der Waals surface area contributed by atoms with Crippen molar-refractivity contribution in [1.29, 1.82) is 0 Å². The maximum atomic E-state index is 10.7. The standard InChI is InChI=1S/C10H19NO2/c1-10(2,3)6-7-4-5-8(11-7)9(12)13/h7-8,11H,4-6H2,1-3H3,(H,12,13). The van der Waals surface area contributed by atoms with Crippen molar-refractivity contribution < 1.29 is 9.90 Å². The molecule has 2 atom stereocenters. The molecular formula is C10H19NO2. The summed E-state index contributed by atoms with van der Waals surface area (Å²) >= 11 is 0. The highest BCUT2D eigenvalue weighted by molar-refractivity contribution is 5.73. The Balaban J connectivity index is 2.38. The Labute approximate surface area is 79.5 Å². The molecule has 1 aliphatic rings. The van der Waals surface area contributed by atoms with Crippen LogP contribution >= 0.6 is 0 Å². The summed E-state index contributed by atoms with van der Waals surface area (Å²) in [6, 6.07) is 0.0773. The first-order valence-electron chi connectivity index (χ1n) is 4.87. The second-order valence-electron chi connectivity index (χ2n) is 5.10. The van der Waals surface area contributed by atoms with Gasteiger partial charge in [-0.3, -0.25) is 4.79 Å². The summed E-state index contributed by atoms with van der Waals surface area (Å²) < 4.78 is 0. The fraction of sp³-hybridized carbons (Fsp3) is 0.900. The minimum absolute atomic E-state index is 0.283. The van der Waals surface area contributed by atoms with Crippen LogP contribution in [0.4, 0.5) is 0 Å². The van der Waals surface area contributed by atoms with Gasteiger partial charge in [0.05, 0.1) is 0 Å². The number of rotatable bonds is 2. The van der Waals surface area contributed by atoms with E-state index in [1.807, 2.05) is 0 Å². The van der Waals surface area contributed by atoms with Gasteiger partial charge in [0.15, 0.2) is 0 Å². The van der Waals surface area contributed by atoms with Gasteiger partial charge in [-0.2, -0.15) is 0 Å². The van der Waals surface area contributed by atoms with Crippen molar-refractivity contribution in [2.24, 2.45) is 5.41 Å². The molecule has 3 heteroatoms. The summed E-state index contributed by atoms with van der Waals surface area (Å²) in [4.78, 5) is 10.7. The van der Waals surface area contributed by atoms with Crippen LogP contribution in [0.5, 0.6) is 0 Å². The van der Waals surface area contributed by atoms with Gasteiger partial charge in [0.25, 0.3) is 0 Å². The smallest absolute Gasteiger partial charge is 0.320 e. The summed E-state index contributed by atoms with van der Waals surface area (Å²) in [5.74, 6) is -0.712. The molecule has 0 amide bonds. The zero-order chi connectivity index (χ0) is 10.1. The molecule has 0 aromatic heterocycles. The van der Waals surface area contributed by atoms with Gasteiger partial charge in [-0.15, -0.1) is 0 Å². The second kappa shape index (κ2) is 3.66. The van der Waals surface area contributed by atoms with Gasteiger partial charge in [-0.05, 0) is 24.7 Å². The van der Waals surface area contributed by atoms with Gasteiger partial charge in [-0.1, -0.05) is 20.8 Å². The third-order valence-electron chi connectivity index (χ3n) is 2.40. The molecule has 3 nitrogen and oxygen atoms in total. The van der Waals surface area contributed by atoms with Crippen molar-refractivity contribution in [1.82, 2.24) is 5.32 Å². The van der Waals surface area contributed by atoms with Crippen LogP contribution in [-0.4, -0.2) is 23.2 Å². The minimum atomic E-state index is -0.712. The Morgan fingerprint density at radius 2 is 2.08 bits per heavy atom. The highest BCUT2D eigenvalue weighted by Gasteiger charge is 2.30. The van der Waals surface area contributed by atoms with Gasteiger partial charge in [0.1, 0.15) is 6.04 Å². The van der Waals surface area contributed by atoms with Gasteiger partial charge >= 0.3 is 5.97 Å². The van der Waals surface area contributed by atoms with Crippen molar-refractivity contribution in [3.63, 3.8) is 0 Å². The summed E-state index contributed by atoms with van der Waals surface area (Å²) in [6.45, 7) is 6.55. The SMILES string of the molecule is CC(C)(C)CC1CCC(C(=O)O)N1. The van der Waals surface area contributed by atoms with Crippen molar-refractivity contribution in [3.8, 4) is 0 Å². The number of carbonyl (C=O) groups is 1. The largest absolute Gasteiger partial charge is 0.480 e. The van der Waals surface area contributed by atoms with Crippen molar-refractivity contribution in [2.45, 2.75) is 52.1 Å². The molecule has 1 fully saturated rings. The van der Waals surface area contributed by atoms with Crippen LogP contribution in [0.1, 0.15) is 40.0 Å². The molecule has 13 heavy (non-hydrogen) atoms. The molecule has 0 spiro atoms. The maximum absolute atomic E-state index is 10.7. The van der Waals surface area contributed by atoms with Crippen molar-refractivity contribution in [3.05, 3.63) is 0 Å². The second-order valence-corrected chi connectivity index (χ2v) is 5.10. The first kappa shape index (κ1) is 10.5. The number of hydrogen-bond donors (Lipinski definition) is 2. The maximum Gasteiger partial charge on any atom is 0.320 e. The summed E-state index contributed by atoms with van der Waals surface area (Å²) in [6.07, 6.45) is 2.82. The van der Waals surface area contributed by atoms with Gasteiger partial charge in [0.2, 0.25) is 0 Å². The van der Waals surface area contributed by atoms with Crippen LogP contribution in [0.2, 0.25) is 0 Å². The first-order valence-corrected chi connectivity index (χ1v) is 4.87. The normalized spacial score (nSPS) is 29.2. The number of hydrogen-bond acceptors (Lipinski definition) is 2. The average Bonchev–Trinajstić information content (AvgIpc) is 2.31.